The molecule has 11 aromatic rings. The molecule has 59 heavy (non-hydrogen) atoms. The van der Waals surface area contributed by atoms with E-state index in [0.29, 0.717) is 17.5 Å². The lowest BCUT2D eigenvalue weighted by Gasteiger charge is -2.21. The number of benzene rings is 8. The number of furan rings is 2. The van der Waals surface area contributed by atoms with Crippen LogP contribution in [-0.2, 0) is 5.41 Å². The largest absolute Gasteiger partial charge is 0.456 e. The Bertz CT molecular complexity index is 3480. The maximum atomic E-state index is 6.58. The zero-order valence-electron chi connectivity index (χ0n) is 32.4. The lowest BCUT2D eigenvalue weighted by atomic mass is 9.82. The smallest absolute Gasteiger partial charge is 0.164 e. The van der Waals surface area contributed by atoms with Crippen molar-refractivity contribution in [1.82, 2.24) is 15.0 Å². The number of hydrogen-bond acceptors (Lipinski definition) is 5. The molecule has 0 spiro atoms. The molecule has 12 rings (SSSR count). The maximum Gasteiger partial charge on any atom is 0.164 e. The minimum atomic E-state index is -0.0921. The highest BCUT2D eigenvalue weighted by atomic mass is 16.3. The molecule has 0 unspecified atom stereocenters. The van der Waals surface area contributed by atoms with Gasteiger partial charge in [0.05, 0.1) is 0 Å². The SMILES string of the molecule is CC1(C)c2ccccc2-c2c(-c3ccc4oc5cccc(-c6nc(-c7cccc(-c8ccccc8)c7)nc(-c7ccc8c(c7)oc7ccccc78)n6)c5c4c3)cccc21. The highest BCUT2D eigenvalue weighted by Crippen LogP contribution is 2.52. The second-order valence-corrected chi connectivity index (χ2v) is 16.0. The van der Waals surface area contributed by atoms with Gasteiger partial charge in [-0.1, -0.05) is 147 Å². The van der Waals surface area contributed by atoms with Gasteiger partial charge in [-0.25, -0.2) is 15.0 Å². The van der Waals surface area contributed by atoms with Crippen molar-refractivity contribution >= 4 is 43.9 Å². The minimum absolute atomic E-state index is 0.0921. The van der Waals surface area contributed by atoms with Gasteiger partial charge < -0.3 is 8.83 Å². The van der Waals surface area contributed by atoms with Gasteiger partial charge in [-0.15, -0.1) is 0 Å². The molecule has 0 saturated carbocycles. The second-order valence-electron chi connectivity index (χ2n) is 16.0. The molecule has 8 aromatic carbocycles. The topological polar surface area (TPSA) is 65.0 Å². The Morgan fingerprint density at radius 2 is 0.949 bits per heavy atom. The monoisotopic (exact) mass is 757 g/mol. The number of rotatable bonds is 5. The predicted molar refractivity (Wildman–Crippen MR) is 239 cm³/mol. The first-order chi connectivity index (χ1) is 29.0. The molecule has 1 aliphatic rings. The maximum absolute atomic E-state index is 6.58. The molecular formula is C54H35N3O2. The molecule has 0 atom stereocenters. The molecule has 0 saturated heterocycles. The fourth-order valence-electron chi connectivity index (χ4n) is 9.26. The van der Waals surface area contributed by atoms with Crippen LogP contribution in [0.15, 0.2) is 185 Å². The van der Waals surface area contributed by atoms with Crippen molar-refractivity contribution in [3.63, 3.8) is 0 Å². The van der Waals surface area contributed by atoms with Crippen molar-refractivity contribution in [2.75, 3.05) is 0 Å². The van der Waals surface area contributed by atoms with E-state index in [0.717, 1.165) is 77.3 Å². The van der Waals surface area contributed by atoms with Crippen molar-refractivity contribution in [3.05, 3.63) is 187 Å². The van der Waals surface area contributed by atoms with Crippen molar-refractivity contribution in [2.45, 2.75) is 19.3 Å². The lowest BCUT2D eigenvalue weighted by molar-refractivity contribution is 0.660. The average Bonchev–Trinajstić information content (AvgIpc) is 3.93. The molecule has 0 N–H and O–H groups in total. The third kappa shape index (κ3) is 5.21. The predicted octanol–water partition coefficient (Wildman–Crippen LogP) is 14.3. The minimum Gasteiger partial charge on any atom is -0.456 e. The van der Waals surface area contributed by atoms with Crippen molar-refractivity contribution in [1.29, 1.82) is 0 Å². The molecule has 0 fully saturated rings. The first-order valence-corrected chi connectivity index (χ1v) is 20.0. The van der Waals surface area contributed by atoms with Gasteiger partial charge in [-0.2, -0.15) is 0 Å². The molecule has 278 valence electrons. The van der Waals surface area contributed by atoms with Crippen LogP contribution in [0.3, 0.4) is 0 Å². The fraction of sp³-hybridized carbons (Fsp3) is 0.0556. The zero-order valence-corrected chi connectivity index (χ0v) is 32.4. The summed E-state index contributed by atoms with van der Waals surface area (Å²) in [4.78, 5) is 15.6. The number of aromatic nitrogens is 3. The van der Waals surface area contributed by atoms with Crippen molar-refractivity contribution < 1.29 is 8.83 Å². The summed E-state index contributed by atoms with van der Waals surface area (Å²) in [5.74, 6) is 1.71. The highest BCUT2D eigenvalue weighted by molar-refractivity contribution is 6.13. The van der Waals surface area contributed by atoms with E-state index in [-0.39, 0.29) is 5.41 Å². The lowest BCUT2D eigenvalue weighted by Crippen LogP contribution is -2.14. The Hall–Kier alpha value is -7.63. The molecule has 3 heterocycles. The quantitative estimate of drug-likeness (QED) is 0.175. The van der Waals surface area contributed by atoms with Gasteiger partial charge in [0.15, 0.2) is 17.5 Å². The molecule has 0 amide bonds. The van der Waals surface area contributed by atoms with Gasteiger partial charge in [0, 0.05) is 43.7 Å². The van der Waals surface area contributed by atoms with Gasteiger partial charge in [0.25, 0.3) is 0 Å². The van der Waals surface area contributed by atoms with E-state index >= 15 is 0 Å². The van der Waals surface area contributed by atoms with Gasteiger partial charge >= 0.3 is 0 Å². The zero-order chi connectivity index (χ0) is 39.2. The van der Waals surface area contributed by atoms with Gasteiger partial charge in [0.2, 0.25) is 0 Å². The van der Waals surface area contributed by atoms with E-state index < -0.39 is 0 Å². The van der Waals surface area contributed by atoms with E-state index in [1.54, 1.807) is 0 Å². The molecular weight excluding hydrogens is 723 g/mol. The molecule has 1 aliphatic carbocycles. The Kier molecular flexibility index (Phi) is 7.20. The Labute approximate surface area is 340 Å². The van der Waals surface area contributed by atoms with E-state index in [4.69, 9.17) is 23.8 Å². The Morgan fingerprint density at radius 3 is 1.85 bits per heavy atom. The molecule has 0 radical (unpaired) electrons. The summed E-state index contributed by atoms with van der Waals surface area (Å²) in [7, 11) is 0. The van der Waals surface area contributed by atoms with Gasteiger partial charge in [0.1, 0.15) is 22.3 Å². The molecule has 0 aliphatic heterocycles. The second kappa shape index (κ2) is 12.7. The van der Waals surface area contributed by atoms with Crippen molar-refractivity contribution in [2.24, 2.45) is 0 Å². The average molecular weight is 758 g/mol. The third-order valence-electron chi connectivity index (χ3n) is 12.2. The van der Waals surface area contributed by atoms with Gasteiger partial charge in [-0.05, 0) is 87.0 Å². The van der Waals surface area contributed by atoms with Crippen LogP contribution in [0.25, 0.3) is 111 Å². The number of hydrogen-bond donors (Lipinski definition) is 0. The standard InChI is InChI=1S/C54H35N3O2/c1-54(2)43-21-8-6-18-40(43)49-37(19-11-22-44(49)54)34-26-28-46-42(30-34)50-41(20-12-24-47(50)58-46)53-56-51(35-16-10-15-33(29-35)32-13-4-3-5-14-32)55-52(57-53)36-25-27-39-38-17-7-9-23-45(38)59-48(39)31-36/h3-31H,1-2H3. The summed E-state index contributed by atoms with van der Waals surface area (Å²) < 4.78 is 12.9. The molecule has 5 heteroatoms. The third-order valence-corrected chi connectivity index (χ3v) is 12.2. The van der Waals surface area contributed by atoms with Crippen LogP contribution in [0.5, 0.6) is 0 Å². The van der Waals surface area contributed by atoms with Gasteiger partial charge in [-0.3, -0.25) is 0 Å². The summed E-state index contributed by atoms with van der Waals surface area (Å²) in [5.41, 5.74) is 15.6. The van der Waals surface area contributed by atoms with Crippen molar-refractivity contribution in [3.8, 4) is 67.5 Å². The molecule has 3 aromatic heterocycles. The summed E-state index contributed by atoms with van der Waals surface area (Å²) in [6, 6.07) is 61.3. The summed E-state index contributed by atoms with van der Waals surface area (Å²) in [6.07, 6.45) is 0. The van der Waals surface area contributed by atoms with Crippen LogP contribution in [0.2, 0.25) is 0 Å². The van der Waals surface area contributed by atoms with E-state index in [9.17, 15) is 0 Å². The Morgan fingerprint density at radius 1 is 0.356 bits per heavy atom. The van der Waals surface area contributed by atoms with E-state index in [1.165, 1.54) is 27.8 Å². The summed E-state index contributed by atoms with van der Waals surface area (Å²) in [6.45, 7) is 4.65. The van der Waals surface area contributed by atoms with Crippen LogP contribution >= 0.6 is 0 Å². The first kappa shape index (κ1) is 33.5. The normalized spacial score (nSPS) is 13.1. The summed E-state index contributed by atoms with van der Waals surface area (Å²) >= 11 is 0. The van der Waals surface area contributed by atoms with Crippen LogP contribution in [0, 0.1) is 0 Å². The van der Waals surface area contributed by atoms with Crippen LogP contribution in [-0.4, -0.2) is 15.0 Å². The van der Waals surface area contributed by atoms with Crippen LogP contribution < -0.4 is 0 Å². The highest BCUT2D eigenvalue weighted by Gasteiger charge is 2.36. The van der Waals surface area contributed by atoms with E-state index in [1.807, 2.05) is 42.5 Å². The summed E-state index contributed by atoms with van der Waals surface area (Å²) in [5, 5.41) is 4.10. The van der Waals surface area contributed by atoms with Crippen LogP contribution in [0.4, 0.5) is 0 Å². The molecule has 0 bridgehead atoms. The number of fused-ring (bicyclic) bond motifs is 9. The number of nitrogens with zero attached hydrogens (tertiary/aromatic N) is 3. The number of para-hydroxylation sites is 1. The van der Waals surface area contributed by atoms with E-state index in [2.05, 4.69) is 147 Å². The van der Waals surface area contributed by atoms with Crippen LogP contribution in [0.1, 0.15) is 25.0 Å². The Balaban J connectivity index is 1.07. The fourth-order valence-corrected chi connectivity index (χ4v) is 9.26. The molecule has 5 nitrogen and oxygen atoms in total. The first-order valence-electron chi connectivity index (χ1n) is 20.0.